The number of halogens is 1. The monoisotopic (exact) mass is 252 g/mol. The van der Waals surface area contributed by atoms with Crippen LogP contribution in [0.5, 0.6) is 0 Å². The molecule has 0 spiro atoms. The normalized spacial score (nSPS) is 15.4. The summed E-state index contributed by atoms with van der Waals surface area (Å²) in [5.41, 5.74) is 2.43. The third kappa shape index (κ3) is 3.16. The zero-order chi connectivity index (χ0) is 13.0. The van der Waals surface area contributed by atoms with Gasteiger partial charge in [-0.05, 0) is 25.0 Å². The van der Waals surface area contributed by atoms with Crippen LogP contribution in [0.2, 0.25) is 0 Å². The van der Waals surface area contributed by atoms with Crippen molar-refractivity contribution in [2.75, 3.05) is 11.9 Å². The van der Waals surface area contributed by atoms with Crippen LogP contribution >= 0.6 is 0 Å². The van der Waals surface area contributed by atoms with E-state index in [1.165, 1.54) is 17.1 Å². The zero-order valence-corrected chi connectivity index (χ0v) is 9.65. The third-order valence-corrected chi connectivity index (χ3v) is 2.53. The van der Waals surface area contributed by atoms with Crippen LogP contribution in [0.15, 0.2) is 18.3 Å². The first kappa shape index (κ1) is 12.3. The van der Waals surface area contributed by atoms with Crippen LogP contribution in [0, 0.1) is 5.82 Å². The number of anilines is 1. The van der Waals surface area contributed by atoms with Crippen LogP contribution in [0.25, 0.3) is 0 Å². The first-order valence-electron chi connectivity index (χ1n) is 5.65. The maximum atomic E-state index is 12.6. The molecule has 0 aliphatic carbocycles. The second kappa shape index (κ2) is 5.44. The fraction of sp³-hybridized carbons (Fsp3) is 0.364. The third-order valence-electron chi connectivity index (χ3n) is 2.53. The minimum absolute atomic E-state index is 0.108. The number of urea groups is 1. The van der Waals surface area contributed by atoms with E-state index in [0.717, 1.165) is 19.0 Å². The van der Waals surface area contributed by atoms with Crippen molar-refractivity contribution in [3.8, 4) is 0 Å². The molecule has 0 radical (unpaired) electrons. The van der Waals surface area contributed by atoms with Gasteiger partial charge in [0, 0.05) is 13.0 Å². The Morgan fingerprint density at radius 1 is 1.39 bits per heavy atom. The number of carbonyl (C=O) groups is 2. The fourth-order valence-electron chi connectivity index (χ4n) is 1.64. The van der Waals surface area contributed by atoms with Gasteiger partial charge in [-0.3, -0.25) is 15.1 Å². The molecule has 0 aromatic carbocycles. The second-order valence-corrected chi connectivity index (χ2v) is 3.93. The topological polar surface area (TPSA) is 74.3 Å². The Kier molecular flexibility index (Phi) is 3.71. The van der Waals surface area contributed by atoms with Crippen molar-refractivity contribution < 1.29 is 14.0 Å². The Balaban J connectivity index is 1.88. The Morgan fingerprint density at radius 2 is 2.22 bits per heavy atom. The van der Waals surface area contributed by atoms with Gasteiger partial charge in [-0.25, -0.2) is 19.6 Å². The van der Waals surface area contributed by atoms with Gasteiger partial charge in [-0.1, -0.05) is 0 Å². The molecule has 7 heteroatoms. The van der Waals surface area contributed by atoms with Gasteiger partial charge >= 0.3 is 6.03 Å². The smallest absolute Gasteiger partial charge is 0.291 e. The van der Waals surface area contributed by atoms with Gasteiger partial charge in [0.2, 0.25) is 5.91 Å². The molecule has 2 rings (SSSR count). The number of nitrogens with zero attached hydrogens (tertiary/aromatic N) is 2. The number of nitrogens with one attached hydrogen (secondary N) is 2. The van der Waals surface area contributed by atoms with Gasteiger partial charge in [0.1, 0.15) is 11.6 Å². The molecule has 0 saturated carbocycles. The van der Waals surface area contributed by atoms with E-state index in [4.69, 9.17) is 0 Å². The Morgan fingerprint density at radius 3 is 2.89 bits per heavy atom. The Labute approximate surface area is 103 Å². The molecular weight excluding hydrogens is 239 g/mol. The van der Waals surface area contributed by atoms with Gasteiger partial charge in [0.25, 0.3) is 0 Å². The van der Waals surface area contributed by atoms with E-state index < -0.39 is 11.8 Å². The van der Waals surface area contributed by atoms with Crippen LogP contribution in [-0.4, -0.2) is 28.5 Å². The van der Waals surface area contributed by atoms with E-state index in [0.29, 0.717) is 13.0 Å². The lowest BCUT2D eigenvalue weighted by Crippen LogP contribution is -2.49. The van der Waals surface area contributed by atoms with E-state index >= 15 is 0 Å². The van der Waals surface area contributed by atoms with Crippen molar-refractivity contribution in [1.82, 2.24) is 15.4 Å². The number of pyridine rings is 1. The first-order valence-corrected chi connectivity index (χ1v) is 5.65. The van der Waals surface area contributed by atoms with Gasteiger partial charge in [0.05, 0.1) is 6.20 Å². The van der Waals surface area contributed by atoms with Crippen LogP contribution < -0.4 is 10.7 Å². The van der Waals surface area contributed by atoms with Crippen molar-refractivity contribution in [1.29, 1.82) is 0 Å². The molecule has 6 nitrogen and oxygen atoms in total. The number of piperidine rings is 1. The number of hydrogen-bond donors (Lipinski definition) is 2. The highest BCUT2D eigenvalue weighted by atomic mass is 19.1. The van der Waals surface area contributed by atoms with E-state index in [1.54, 1.807) is 0 Å². The minimum atomic E-state index is -0.565. The number of aromatic nitrogens is 1. The lowest BCUT2D eigenvalue weighted by Gasteiger charge is -2.26. The van der Waals surface area contributed by atoms with Crippen molar-refractivity contribution in [2.24, 2.45) is 0 Å². The summed E-state index contributed by atoms with van der Waals surface area (Å²) < 4.78 is 12.6. The molecule has 2 N–H and O–H groups in total. The molecule has 0 unspecified atom stereocenters. The van der Waals surface area contributed by atoms with E-state index in [2.05, 4.69) is 15.7 Å². The van der Waals surface area contributed by atoms with Gasteiger partial charge in [-0.2, -0.15) is 0 Å². The summed E-state index contributed by atoms with van der Waals surface area (Å²) in [6.45, 7) is 0.503. The Hall–Kier alpha value is -2.18. The number of hydrazine groups is 1. The molecule has 0 bridgehead atoms. The van der Waals surface area contributed by atoms with Crippen LogP contribution in [0.3, 0.4) is 0 Å². The molecular formula is C11H13FN4O2. The predicted octanol–water partition coefficient (Wildman–Crippen LogP) is 1.27. The molecule has 1 saturated heterocycles. The molecule has 1 aromatic rings. The van der Waals surface area contributed by atoms with Gasteiger partial charge in [-0.15, -0.1) is 0 Å². The number of hydrogen-bond acceptors (Lipinski definition) is 3. The maximum absolute atomic E-state index is 12.6. The summed E-state index contributed by atoms with van der Waals surface area (Å²) in [5, 5.41) is 3.70. The summed E-state index contributed by atoms with van der Waals surface area (Å²) >= 11 is 0. The molecule has 0 atom stereocenters. The van der Waals surface area contributed by atoms with Crippen LogP contribution in [-0.2, 0) is 4.79 Å². The van der Waals surface area contributed by atoms with E-state index in [9.17, 15) is 14.0 Å². The summed E-state index contributed by atoms with van der Waals surface area (Å²) in [6.07, 6.45) is 3.15. The molecule has 2 heterocycles. The standard InChI is InChI=1S/C11H13FN4O2/c12-8-4-5-9(13-7-8)14-11(18)15-16-6-2-1-3-10(16)17/h4-5,7H,1-3,6H2,(H2,13,14,15,18). The number of carbonyl (C=O) groups excluding carboxylic acids is 2. The molecule has 1 fully saturated rings. The van der Waals surface area contributed by atoms with Crippen LogP contribution in [0.4, 0.5) is 15.0 Å². The highest BCUT2D eigenvalue weighted by Crippen LogP contribution is 2.08. The molecule has 3 amide bonds. The number of amides is 3. The largest absolute Gasteiger partial charge is 0.339 e. The van der Waals surface area contributed by atoms with Gasteiger partial charge < -0.3 is 0 Å². The average Bonchev–Trinajstić information content (AvgIpc) is 2.35. The predicted molar refractivity (Wildman–Crippen MR) is 61.9 cm³/mol. The highest BCUT2D eigenvalue weighted by molar-refractivity contribution is 5.90. The molecule has 1 aliphatic rings. The second-order valence-electron chi connectivity index (χ2n) is 3.93. The molecule has 1 aromatic heterocycles. The van der Waals surface area contributed by atoms with Crippen molar-refractivity contribution >= 4 is 17.8 Å². The molecule has 18 heavy (non-hydrogen) atoms. The summed E-state index contributed by atoms with van der Waals surface area (Å²) in [4.78, 5) is 26.7. The first-order chi connectivity index (χ1) is 8.65. The van der Waals surface area contributed by atoms with E-state index in [1.807, 2.05) is 0 Å². The lowest BCUT2D eigenvalue weighted by atomic mass is 10.1. The highest BCUT2D eigenvalue weighted by Gasteiger charge is 2.19. The van der Waals surface area contributed by atoms with Crippen molar-refractivity contribution in [2.45, 2.75) is 19.3 Å². The quantitative estimate of drug-likeness (QED) is 0.832. The summed E-state index contributed by atoms with van der Waals surface area (Å²) in [7, 11) is 0. The minimum Gasteiger partial charge on any atom is -0.291 e. The number of rotatable bonds is 2. The average molecular weight is 252 g/mol. The summed E-state index contributed by atoms with van der Waals surface area (Å²) in [6, 6.07) is 1.96. The Bertz CT molecular complexity index is 449. The zero-order valence-electron chi connectivity index (χ0n) is 9.65. The molecule has 1 aliphatic heterocycles. The maximum Gasteiger partial charge on any atom is 0.339 e. The SMILES string of the molecule is O=C(Nc1ccc(F)cn1)NN1CCCCC1=O. The van der Waals surface area contributed by atoms with Gasteiger partial charge in [0.15, 0.2) is 0 Å². The van der Waals surface area contributed by atoms with Crippen LogP contribution in [0.1, 0.15) is 19.3 Å². The van der Waals surface area contributed by atoms with Crippen molar-refractivity contribution in [3.63, 3.8) is 0 Å². The molecule has 96 valence electrons. The fourth-order valence-corrected chi connectivity index (χ4v) is 1.64. The van der Waals surface area contributed by atoms with Crippen molar-refractivity contribution in [3.05, 3.63) is 24.1 Å². The lowest BCUT2D eigenvalue weighted by molar-refractivity contribution is -0.135. The van der Waals surface area contributed by atoms with E-state index in [-0.39, 0.29) is 11.7 Å². The summed E-state index contributed by atoms with van der Waals surface area (Å²) in [5.74, 6) is -0.367.